The summed E-state index contributed by atoms with van der Waals surface area (Å²) in [7, 11) is 0. The van der Waals surface area contributed by atoms with E-state index in [4.69, 9.17) is 10.2 Å². The molecule has 0 bridgehead atoms. The van der Waals surface area contributed by atoms with Crippen molar-refractivity contribution >= 4 is 16.8 Å². The van der Waals surface area contributed by atoms with Crippen LogP contribution < -0.4 is 5.73 Å². The predicted molar refractivity (Wildman–Crippen MR) is 63.8 cm³/mol. The van der Waals surface area contributed by atoms with Gasteiger partial charge in [-0.1, -0.05) is 12.1 Å². The van der Waals surface area contributed by atoms with Crippen molar-refractivity contribution in [1.82, 2.24) is 4.98 Å². The van der Waals surface area contributed by atoms with Gasteiger partial charge in [-0.05, 0) is 24.3 Å². The van der Waals surface area contributed by atoms with Crippen molar-refractivity contribution < 1.29 is 13.2 Å². The molecule has 3 rings (SSSR count). The number of halogens is 2. The van der Waals surface area contributed by atoms with E-state index >= 15 is 0 Å². The first-order chi connectivity index (χ1) is 8.66. The monoisotopic (exact) mass is 246 g/mol. The van der Waals surface area contributed by atoms with Gasteiger partial charge in [-0.15, -0.1) is 0 Å². The molecule has 0 fully saturated rings. The van der Waals surface area contributed by atoms with Crippen LogP contribution in [0.1, 0.15) is 0 Å². The first kappa shape index (κ1) is 10.7. The highest BCUT2D eigenvalue weighted by molar-refractivity contribution is 5.87. The van der Waals surface area contributed by atoms with E-state index < -0.39 is 11.6 Å². The van der Waals surface area contributed by atoms with E-state index in [1.807, 2.05) is 0 Å². The normalized spacial score (nSPS) is 11.0. The Hall–Kier alpha value is -2.43. The Morgan fingerprint density at radius 1 is 1.06 bits per heavy atom. The van der Waals surface area contributed by atoms with Gasteiger partial charge in [0.25, 0.3) is 0 Å². The molecule has 0 amide bonds. The predicted octanol–water partition coefficient (Wildman–Crippen LogP) is 3.36. The molecule has 90 valence electrons. The average molecular weight is 246 g/mol. The third-order valence-corrected chi connectivity index (χ3v) is 2.63. The fraction of sp³-hybridized carbons (Fsp3) is 0. The number of hydrogen-bond donors (Lipinski definition) is 1. The summed E-state index contributed by atoms with van der Waals surface area (Å²) in [4.78, 5) is 4.09. The van der Waals surface area contributed by atoms with Crippen LogP contribution in [0.2, 0.25) is 0 Å². The summed E-state index contributed by atoms with van der Waals surface area (Å²) in [6.07, 6.45) is 0. The van der Waals surface area contributed by atoms with E-state index in [-0.39, 0.29) is 11.5 Å². The molecule has 0 aliphatic rings. The Balaban J connectivity index is 2.26. The molecular weight excluding hydrogens is 238 g/mol. The Kier molecular flexibility index (Phi) is 2.26. The Labute approximate surface area is 101 Å². The van der Waals surface area contributed by atoms with Crippen molar-refractivity contribution in [2.45, 2.75) is 0 Å². The number of para-hydroxylation sites is 1. The molecular formula is C13H8F2N2O. The lowest BCUT2D eigenvalue weighted by Gasteiger charge is -1.97. The number of fused-ring (bicyclic) bond motifs is 1. The van der Waals surface area contributed by atoms with Crippen LogP contribution in [0.5, 0.6) is 0 Å². The molecule has 1 aromatic heterocycles. The van der Waals surface area contributed by atoms with Crippen molar-refractivity contribution in [3.8, 4) is 11.5 Å². The van der Waals surface area contributed by atoms with Crippen molar-refractivity contribution in [3.05, 3.63) is 48.0 Å². The SMILES string of the molecule is Nc1cccc2oc(-c3cccc(F)c3F)nc12. The lowest BCUT2D eigenvalue weighted by molar-refractivity contribution is 0.505. The quantitative estimate of drug-likeness (QED) is 0.670. The second kappa shape index (κ2) is 3.80. The van der Waals surface area contributed by atoms with E-state index in [2.05, 4.69) is 4.98 Å². The second-order valence-electron chi connectivity index (χ2n) is 3.81. The Morgan fingerprint density at radius 2 is 1.83 bits per heavy atom. The lowest BCUT2D eigenvalue weighted by atomic mass is 10.2. The van der Waals surface area contributed by atoms with Crippen LogP contribution >= 0.6 is 0 Å². The van der Waals surface area contributed by atoms with Crippen LogP contribution in [0.25, 0.3) is 22.6 Å². The first-order valence-corrected chi connectivity index (χ1v) is 5.26. The third kappa shape index (κ3) is 1.52. The van der Waals surface area contributed by atoms with E-state index in [1.54, 1.807) is 18.2 Å². The Bertz CT molecular complexity index is 737. The van der Waals surface area contributed by atoms with Crippen molar-refractivity contribution in [2.24, 2.45) is 0 Å². The van der Waals surface area contributed by atoms with Crippen molar-refractivity contribution in [3.63, 3.8) is 0 Å². The lowest BCUT2D eigenvalue weighted by Crippen LogP contribution is -1.89. The van der Waals surface area contributed by atoms with Gasteiger partial charge in [0.05, 0.1) is 11.3 Å². The second-order valence-corrected chi connectivity index (χ2v) is 3.81. The van der Waals surface area contributed by atoms with Crippen LogP contribution in [0.3, 0.4) is 0 Å². The third-order valence-electron chi connectivity index (χ3n) is 2.63. The van der Waals surface area contributed by atoms with Gasteiger partial charge in [-0.3, -0.25) is 0 Å². The standard InChI is InChI=1S/C13H8F2N2O/c14-8-4-1-3-7(11(8)15)13-17-12-9(16)5-2-6-10(12)18-13/h1-6H,16H2. The minimum atomic E-state index is -0.984. The average Bonchev–Trinajstić information content (AvgIpc) is 2.78. The number of benzene rings is 2. The van der Waals surface area contributed by atoms with Crippen LogP contribution in [0.4, 0.5) is 14.5 Å². The zero-order chi connectivity index (χ0) is 12.7. The summed E-state index contributed by atoms with van der Waals surface area (Å²) in [5.41, 5.74) is 7.01. The largest absolute Gasteiger partial charge is 0.436 e. The highest BCUT2D eigenvalue weighted by Crippen LogP contribution is 2.29. The number of nitrogens with zero attached hydrogens (tertiary/aromatic N) is 1. The number of aromatic nitrogens is 1. The molecule has 2 N–H and O–H groups in total. The van der Waals surface area contributed by atoms with Crippen LogP contribution in [-0.4, -0.2) is 4.98 Å². The van der Waals surface area contributed by atoms with Crippen LogP contribution in [0.15, 0.2) is 40.8 Å². The van der Waals surface area contributed by atoms with Gasteiger partial charge in [0.2, 0.25) is 5.89 Å². The molecule has 0 radical (unpaired) electrons. The first-order valence-electron chi connectivity index (χ1n) is 5.26. The highest BCUT2D eigenvalue weighted by atomic mass is 19.2. The fourth-order valence-corrected chi connectivity index (χ4v) is 1.75. The molecule has 0 atom stereocenters. The molecule has 0 aliphatic heterocycles. The van der Waals surface area contributed by atoms with Gasteiger partial charge < -0.3 is 10.2 Å². The van der Waals surface area contributed by atoms with Gasteiger partial charge in [0.15, 0.2) is 17.2 Å². The number of nitrogen functional groups attached to an aromatic ring is 1. The molecule has 3 aromatic rings. The number of oxazole rings is 1. The summed E-state index contributed by atoms with van der Waals surface area (Å²) in [6, 6.07) is 8.87. The molecule has 3 nitrogen and oxygen atoms in total. The van der Waals surface area contributed by atoms with Gasteiger partial charge >= 0.3 is 0 Å². The van der Waals surface area contributed by atoms with Crippen molar-refractivity contribution in [2.75, 3.05) is 5.73 Å². The van der Waals surface area contributed by atoms with Gasteiger partial charge in [0.1, 0.15) is 5.52 Å². The molecule has 0 saturated heterocycles. The minimum absolute atomic E-state index is 0.0138. The maximum Gasteiger partial charge on any atom is 0.230 e. The molecule has 1 heterocycles. The summed E-state index contributed by atoms with van der Waals surface area (Å²) in [5.74, 6) is -1.91. The summed E-state index contributed by atoms with van der Waals surface area (Å²) in [6.45, 7) is 0. The smallest absolute Gasteiger partial charge is 0.230 e. The highest BCUT2D eigenvalue weighted by Gasteiger charge is 2.16. The Morgan fingerprint density at radius 3 is 2.61 bits per heavy atom. The summed E-state index contributed by atoms with van der Waals surface area (Å²) in [5, 5.41) is 0. The molecule has 0 aliphatic carbocycles. The molecule has 0 saturated carbocycles. The molecule has 0 spiro atoms. The minimum Gasteiger partial charge on any atom is -0.436 e. The van der Waals surface area contributed by atoms with Gasteiger partial charge in [0, 0.05) is 0 Å². The molecule has 18 heavy (non-hydrogen) atoms. The zero-order valence-corrected chi connectivity index (χ0v) is 9.15. The van der Waals surface area contributed by atoms with E-state index in [9.17, 15) is 8.78 Å². The molecule has 0 unspecified atom stereocenters. The van der Waals surface area contributed by atoms with Gasteiger partial charge in [-0.2, -0.15) is 0 Å². The maximum atomic E-state index is 13.6. The van der Waals surface area contributed by atoms with Crippen molar-refractivity contribution in [1.29, 1.82) is 0 Å². The molecule has 2 aromatic carbocycles. The zero-order valence-electron chi connectivity index (χ0n) is 9.15. The number of nitrogens with two attached hydrogens (primary N) is 1. The van der Waals surface area contributed by atoms with Crippen LogP contribution in [0, 0.1) is 11.6 Å². The van der Waals surface area contributed by atoms with Crippen LogP contribution in [-0.2, 0) is 0 Å². The van der Waals surface area contributed by atoms with Gasteiger partial charge in [-0.25, -0.2) is 13.8 Å². The van der Waals surface area contributed by atoms with E-state index in [0.717, 1.165) is 6.07 Å². The summed E-state index contributed by atoms with van der Waals surface area (Å²) < 4.78 is 32.1. The topological polar surface area (TPSA) is 52.0 Å². The summed E-state index contributed by atoms with van der Waals surface area (Å²) >= 11 is 0. The van der Waals surface area contributed by atoms with E-state index in [1.165, 1.54) is 12.1 Å². The maximum absolute atomic E-state index is 13.6. The fourth-order valence-electron chi connectivity index (χ4n) is 1.75. The number of hydrogen-bond acceptors (Lipinski definition) is 3. The number of rotatable bonds is 1. The van der Waals surface area contributed by atoms with E-state index in [0.29, 0.717) is 16.8 Å². The number of anilines is 1. The molecule has 5 heteroatoms.